The largest absolute Gasteiger partial charge is 0.292 e. The first kappa shape index (κ1) is 14.5. The Morgan fingerprint density at radius 3 is 2.77 bits per heavy atom. The predicted octanol–water partition coefficient (Wildman–Crippen LogP) is 1.92. The molecular weight excluding hydrogens is 348 g/mol. The third-order valence-electron chi connectivity index (χ3n) is 2.88. The summed E-state index contributed by atoms with van der Waals surface area (Å²) >= 11 is 3.28. The summed E-state index contributed by atoms with van der Waals surface area (Å²) < 4.78 is 4.03. The van der Waals surface area contributed by atoms with Gasteiger partial charge in [-0.15, -0.1) is 5.10 Å². The Balaban J connectivity index is 1.58. The maximum absolute atomic E-state index is 11.9. The van der Waals surface area contributed by atoms with E-state index in [4.69, 9.17) is 0 Å². The third kappa shape index (κ3) is 3.79. The monoisotopic (exact) mass is 360 g/mol. The standard InChI is InChI=1S/C14H13BrN6O/c15-12-6-17-20(8-12)9-13(22)18-14-16-10-21(19-14)7-11-4-2-1-3-5-11/h1-6,8,10H,7,9H2,(H,18,19,22). The summed E-state index contributed by atoms with van der Waals surface area (Å²) in [6.07, 6.45) is 4.94. The van der Waals surface area contributed by atoms with Crippen molar-refractivity contribution < 1.29 is 4.79 Å². The SMILES string of the molecule is O=C(Cn1cc(Br)cn1)Nc1ncn(Cc2ccccc2)n1. The first-order chi connectivity index (χ1) is 10.7. The molecule has 0 aliphatic rings. The van der Waals surface area contributed by atoms with Gasteiger partial charge < -0.3 is 0 Å². The fraction of sp³-hybridized carbons (Fsp3) is 0.143. The van der Waals surface area contributed by atoms with Crippen molar-refractivity contribution in [2.75, 3.05) is 5.32 Å². The van der Waals surface area contributed by atoms with Crippen molar-refractivity contribution >= 4 is 27.8 Å². The summed E-state index contributed by atoms with van der Waals surface area (Å²) in [5.41, 5.74) is 1.12. The quantitative estimate of drug-likeness (QED) is 0.753. The lowest BCUT2D eigenvalue weighted by Gasteiger charge is -2.02. The minimum absolute atomic E-state index is 0.110. The number of carbonyl (C=O) groups is 1. The van der Waals surface area contributed by atoms with Crippen molar-refractivity contribution in [2.24, 2.45) is 0 Å². The van der Waals surface area contributed by atoms with Gasteiger partial charge >= 0.3 is 0 Å². The summed E-state index contributed by atoms with van der Waals surface area (Å²) in [4.78, 5) is 16.0. The maximum Gasteiger partial charge on any atom is 0.248 e. The van der Waals surface area contributed by atoms with Crippen LogP contribution >= 0.6 is 15.9 Å². The normalized spacial score (nSPS) is 10.6. The molecule has 0 aliphatic heterocycles. The molecule has 0 saturated carbocycles. The number of hydrogen-bond donors (Lipinski definition) is 1. The van der Waals surface area contributed by atoms with Crippen LogP contribution in [-0.4, -0.2) is 30.5 Å². The minimum Gasteiger partial charge on any atom is -0.292 e. The molecule has 1 aromatic carbocycles. The average molecular weight is 361 g/mol. The Labute approximate surface area is 135 Å². The lowest BCUT2D eigenvalue weighted by Crippen LogP contribution is -2.19. The molecule has 0 atom stereocenters. The molecule has 0 spiro atoms. The lowest BCUT2D eigenvalue weighted by molar-refractivity contribution is -0.116. The van der Waals surface area contributed by atoms with Gasteiger partial charge in [0.2, 0.25) is 11.9 Å². The molecule has 0 saturated heterocycles. The Bertz CT molecular complexity index is 767. The first-order valence-corrected chi connectivity index (χ1v) is 7.39. The highest BCUT2D eigenvalue weighted by Crippen LogP contribution is 2.07. The summed E-state index contributed by atoms with van der Waals surface area (Å²) in [5, 5.41) is 10.9. The molecule has 0 unspecified atom stereocenters. The third-order valence-corrected chi connectivity index (χ3v) is 3.29. The van der Waals surface area contributed by atoms with Crippen LogP contribution in [0.25, 0.3) is 0 Å². The number of nitrogens with zero attached hydrogens (tertiary/aromatic N) is 5. The number of aromatic nitrogens is 5. The zero-order valence-corrected chi connectivity index (χ0v) is 13.1. The summed E-state index contributed by atoms with van der Waals surface area (Å²) in [7, 11) is 0. The molecule has 22 heavy (non-hydrogen) atoms. The van der Waals surface area contributed by atoms with E-state index >= 15 is 0 Å². The fourth-order valence-corrected chi connectivity index (χ4v) is 2.26. The lowest BCUT2D eigenvalue weighted by atomic mass is 10.2. The topological polar surface area (TPSA) is 77.6 Å². The maximum atomic E-state index is 11.9. The molecule has 0 radical (unpaired) electrons. The van der Waals surface area contributed by atoms with Crippen LogP contribution in [0.3, 0.4) is 0 Å². The van der Waals surface area contributed by atoms with Crippen molar-refractivity contribution in [3.63, 3.8) is 0 Å². The summed E-state index contributed by atoms with van der Waals surface area (Å²) in [6.45, 7) is 0.717. The molecular formula is C14H13BrN6O. The van der Waals surface area contributed by atoms with Gasteiger partial charge in [0.05, 0.1) is 17.2 Å². The molecule has 7 nitrogen and oxygen atoms in total. The van der Waals surface area contributed by atoms with Gasteiger partial charge in [-0.25, -0.2) is 9.67 Å². The molecule has 3 aromatic rings. The number of halogens is 1. The van der Waals surface area contributed by atoms with E-state index in [1.165, 1.54) is 4.68 Å². The summed E-state index contributed by atoms with van der Waals surface area (Å²) in [5.74, 6) is 0.0558. The number of rotatable bonds is 5. The van der Waals surface area contributed by atoms with E-state index in [0.717, 1.165) is 10.0 Å². The van der Waals surface area contributed by atoms with Crippen molar-refractivity contribution in [2.45, 2.75) is 13.1 Å². The van der Waals surface area contributed by atoms with Crippen LogP contribution in [0.4, 0.5) is 5.95 Å². The molecule has 2 heterocycles. The molecule has 3 rings (SSSR count). The number of anilines is 1. The van der Waals surface area contributed by atoms with Gasteiger partial charge in [-0.1, -0.05) is 30.3 Å². The van der Waals surface area contributed by atoms with Gasteiger partial charge in [0, 0.05) is 6.20 Å². The highest BCUT2D eigenvalue weighted by atomic mass is 79.9. The molecule has 8 heteroatoms. The van der Waals surface area contributed by atoms with E-state index in [9.17, 15) is 4.79 Å². The van der Waals surface area contributed by atoms with Crippen LogP contribution in [0.1, 0.15) is 5.56 Å². The minimum atomic E-state index is -0.229. The Morgan fingerprint density at radius 2 is 2.05 bits per heavy atom. The van der Waals surface area contributed by atoms with Gasteiger partial charge in [-0.2, -0.15) is 5.10 Å². The van der Waals surface area contributed by atoms with Crippen molar-refractivity contribution in [1.29, 1.82) is 0 Å². The highest BCUT2D eigenvalue weighted by Gasteiger charge is 2.08. The number of carbonyl (C=O) groups excluding carboxylic acids is 1. The van der Waals surface area contributed by atoms with E-state index in [1.54, 1.807) is 23.4 Å². The molecule has 0 aliphatic carbocycles. The molecule has 0 fully saturated rings. The molecule has 0 bridgehead atoms. The fourth-order valence-electron chi connectivity index (χ4n) is 1.93. The first-order valence-electron chi connectivity index (χ1n) is 6.60. The molecule has 1 N–H and O–H groups in total. The van der Waals surface area contributed by atoms with Crippen LogP contribution in [0.5, 0.6) is 0 Å². The van der Waals surface area contributed by atoms with Crippen LogP contribution in [0.15, 0.2) is 53.5 Å². The van der Waals surface area contributed by atoms with Gasteiger partial charge in [-0.3, -0.25) is 14.8 Å². The van der Waals surface area contributed by atoms with Crippen LogP contribution in [0.2, 0.25) is 0 Å². The van der Waals surface area contributed by atoms with E-state index in [0.29, 0.717) is 6.54 Å². The van der Waals surface area contributed by atoms with Gasteiger partial charge in [0.1, 0.15) is 12.9 Å². The van der Waals surface area contributed by atoms with Crippen molar-refractivity contribution in [3.05, 3.63) is 59.1 Å². The van der Waals surface area contributed by atoms with Gasteiger partial charge in [0.25, 0.3) is 0 Å². The van der Waals surface area contributed by atoms with Crippen molar-refractivity contribution in [3.8, 4) is 0 Å². The number of amides is 1. The van der Waals surface area contributed by atoms with Gasteiger partial charge in [-0.05, 0) is 21.5 Å². The predicted molar refractivity (Wildman–Crippen MR) is 84.1 cm³/mol. The van der Waals surface area contributed by atoms with Crippen molar-refractivity contribution in [1.82, 2.24) is 24.5 Å². The Hall–Kier alpha value is -2.48. The van der Waals surface area contributed by atoms with Crippen LogP contribution < -0.4 is 5.32 Å². The zero-order valence-electron chi connectivity index (χ0n) is 11.6. The number of benzene rings is 1. The van der Waals surface area contributed by atoms with Gasteiger partial charge in [0.15, 0.2) is 0 Å². The van der Waals surface area contributed by atoms with E-state index in [-0.39, 0.29) is 18.4 Å². The smallest absolute Gasteiger partial charge is 0.248 e. The van der Waals surface area contributed by atoms with E-state index < -0.39 is 0 Å². The Morgan fingerprint density at radius 1 is 1.23 bits per heavy atom. The second-order valence-electron chi connectivity index (χ2n) is 4.66. The summed E-state index contributed by atoms with van der Waals surface area (Å²) in [6, 6.07) is 9.92. The van der Waals surface area contributed by atoms with Crippen LogP contribution in [0, 0.1) is 0 Å². The second-order valence-corrected chi connectivity index (χ2v) is 5.57. The Kier molecular flexibility index (Phi) is 4.29. The molecule has 112 valence electrons. The highest BCUT2D eigenvalue weighted by molar-refractivity contribution is 9.10. The second kappa shape index (κ2) is 6.52. The number of hydrogen-bond acceptors (Lipinski definition) is 4. The number of nitrogens with one attached hydrogen (secondary N) is 1. The zero-order chi connectivity index (χ0) is 15.4. The molecule has 2 aromatic heterocycles. The van der Waals surface area contributed by atoms with Crippen LogP contribution in [-0.2, 0) is 17.9 Å². The molecule has 1 amide bonds. The van der Waals surface area contributed by atoms with E-state index in [1.807, 2.05) is 30.3 Å². The van der Waals surface area contributed by atoms with E-state index in [2.05, 4.69) is 36.4 Å². The average Bonchev–Trinajstić information content (AvgIpc) is 3.09.